The second kappa shape index (κ2) is 7.22. The highest BCUT2D eigenvalue weighted by Crippen LogP contribution is 2.30. The maximum atomic E-state index is 12.4. The number of phenols is 1. The zero-order valence-corrected chi connectivity index (χ0v) is 14.3. The number of benzene rings is 2. The van der Waals surface area contributed by atoms with Crippen molar-refractivity contribution in [1.82, 2.24) is 0 Å². The van der Waals surface area contributed by atoms with Crippen LogP contribution in [0.5, 0.6) is 5.75 Å². The Morgan fingerprint density at radius 1 is 1.08 bits per heavy atom. The van der Waals surface area contributed by atoms with Crippen LogP contribution in [0.25, 0.3) is 0 Å². The number of phenolic OH excluding ortho intramolecular Hbond substituents is 1. The van der Waals surface area contributed by atoms with Gasteiger partial charge in [0.25, 0.3) is 10.0 Å². The molecule has 0 aromatic heterocycles. The first kappa shape index (κ1) is 18.3. The summed E-state index contributed by atoms with van der Waals surface area (Å²) in [5, 5.41) is 12.6. The summed E-state index contributed by atoms with van der Waals surface area (Å²) < 4.78 is 31.6. The number of carbonyl (C=O) groups excluding carboxylic acids is 2. The summed E-state index contributed by atoms with van der Waals surface area (Å²) in [4.78, 5) is 22.5. The van der Waals surface area contributed by atoms with E-state index in [4.69, 9.17) is 0 Å². The van der Waals surface area contributed by atoms with E-state index in [1.165, 1.54) is 49.4 Å². The number of amides is 1. The normalized spacial score (nSPS) is 10.8. The number of aromatic hydroxyl groups is 1. The Balaban J connectivity index is 2.30. The van der Waals surface area contributed by atoms with Crippen molar-refractivity contribution in [2.45, 2.75) is 11.8 Å². The fourth-order valence-electron chi connectivity index (χ4n) is 2.02. The van der Waals surface area contributed by atoms with Crippen molar-refractivity contribution in [3.05, 3.63) is 48.0 Å². The van der Waals surface area contributed by atoms with Gasteiger partial charge in [0.2, 0.25) is 5.91 Å². The summed E-state index contributed by atoms with van der Waals surface area (Å²) in [7, 11) is -2.86. The SMILES string of the molecule is COC(=O)c1cccc(NS(=O)(=O)c2ccc(NC(C)=O)cc2)c1O. The lowest BCUT2D eigenvalue weighted by atomic mass is 10.2. The largest absolute Gasteiger partial charge is 0.505 e. The lowest BCUT2D eigenvalue weighted by Crippen LogP contribution is -2.14. The third-order valence-corrected chi connectivity index (χ3v) is 4.55. The maximum absolute atomic E-state index is 12.4. The summed E-state index contributed by atoms with van der Waals surface area (Å²) in [5.74, 6) is -1.61. The second-order valence-corrected chi connectivity index (χ2v) is 6.69. The molecule has 0 saturated carbocycles. The van der Waals surface area contributed by atoms with Gasteiger partial charge < -0.3 is 15.2 Å². The fourth-order valence-corrected chi connectivity index (χ4v) is 3.09. The van der Waals surface area contributed by atoms with Crippen LogP contribution in [0.1, 0.15) is 17.3 Å². The molecule has 0 aliphatic carbocycles. The van der Waals surface area contributed by atoms with Gasteiger partial charge in [-0.05, 0) is 36.4 Å². The molecule has 8 nitrogen and oxygen atoms in total. The molecule has 2 aromatic rings. The standard InChI is InChI=1S/C16H16N2O6S/c1-10(19)17-11-6-8-12(9-7-11)25(22,23)18-14-5-3-4-13(15(14)20)16(21)24-2/h3-9,18,20H,1-2H3,(H,17,19). The van der Waals surface area contributed by atoms with E-state index < -0.39 is 21.7 Å². The van der Waals surface area contributed by atoms with Crippen molar-refractivity contribution in [3.63, 3.8) is 0 Å². The van der Waals surface area contributed by atoms with Crippen LogP contribution in [-0.2, 0) is 19.6 Å². The Labute approximate surface area is 144 Å². The van der Waals surface area contributed by atoms with Gasteiger partial charge in [-0.1, -0.05) is 6.07 Å². The molecular weight excluding hydrogens is 348 g/mol. The minimum absolute atomic E-state index is 0.0792. The number of ether oxygens (including phenoxy) is 1. The first-order valence-electron chi connectivity index (χ1n) is 7.05. The van der Waals surface area contributed by atoms with Crippen LogP contribution in [0.2, 0.25) is 0 Å². The molecular formula is C16H16N2O6S. The average Bonchev–Trinajstić information content (AvgIpc) is 2.56. The molecule has 0 saturated heterocycles. The van der Waals surface area contributed by atoms with Crippen molar-refractivity contribution in [2.75, 3.05) is 17.1 Å². The molecule has 2 aromatic carbocycles. The monoisotopic (exact) mass is 364 g/mol. The van der Waals surface area contributed by atoms with E-state index in [0.717, 1.165) is 7.11 Å². The summed E-state index contributed by atoms with van der Waals surface area (Å²) in [6.45, 7) is 1.34. The van der Waals surface area contributed by atoms with Gasteiger partial charge in [-0.3, -0.25) is 9.52 Å². The number of anilines is 2. The minimum atomic E-state index is -4.01. The maximum Gasteiger partial charge on any atom is 0.341 e. The predicted molar refractivity (Wildman–Crippen MR) is 91.0 cm³/mol. The third kappa shape index (κ3) is 4.27. The fraction of sp³-hybridized carbons (Fsp3) is 0.125. The molecule has 0 atom stereocenters. The zero-order valence-electron chi connectivity index (χ0n) is 13.4. The van der Waals surface area contributed by atoms with Gasteiger partial charge in [0, 0.05) is 12.6 Å². The van der Waals surface area contributed by atoms with Crippen LogP contribution in [0.4, 0.5) is 11.4 Å². The van der Waals surface area contributed by atoms with E-state index in [0.29, 0.717) is 5.69 Å². The molecule has 0 radical (unpaired) electrons. The number of rotatable bonds is 5. The topological polar surface area (TPSA) is 122 Å². The molecule has 0 aliphatic rings. The van der Waals surface area contributed by atoms with Crippen molar-refractivity contribution in [2.24, 2.45) is 0 Å². The zero-order chi connectivity index (χ0) is 18.6. The van der Waals surface area contributed by atoms with E-state index in [9.17, 15) is 23.1 Å². The Kier molecular flexibility index (Phi) is 5.28. The van der Waals surface area contributed by atoms with Crippen LogP contribution < -0.4 is 10.0 Å². The summed E-state index contributed by atoms with van der Waals surface area (Å²) in [6.07, 6.45) is 0. The van der Waals surface area contributed by atoms with Gasteiger partial charge in [-0.25, -0.2) is 13.2 Å². The smallest absolute Gasteiger partial charge is 0.341 e. The van der Waals surface area contributed by atoms with Crippen molar-refractivity contribution >= 4 is 33.3 Å². The molecule has 2 rings (SSSR count). The Hall–Kier alpha value is -3.07. The van der Waals surface area contributed by atoms with Gasteiger partial charge in [0.05, 0.1) is 17.7 Å². The molecule has 132 valence electrons. The number of para-hydroxylation sites is 1. The minimum Gasteiger partial charge on any atom is -0.505 e. The van der Waals surface area contributed by atoms with Crippen LogP contribution in [-0.4, -0.2) is 32.5 Å². The summed E-state index contributed by atoms with van der Waals surface area (Å²) in [6, 6.07) is 9.49. The molecule has 0 fully saturated rings. The van der Waals surface area contributed by atoms with E-state index in [-0.39, 0.29) is 22.1 Å². The summed E-state index contributed by atoms with van der Waals surface area (Å²) >= 11 is 0. The quantitative estimate of drug-likeness (QED) is 0.550. The Bertz CT molecular complexity index is 907. The number of hydrogen-bond donors (Lipinski definition) is 3. The Morgan fingerprint density at radius 2 is 1.72 bits per heavy atom. The second-order valence-electron chi connectivity index (χ2n) is 5.00. The average molecular weight is 364 g/mol. The number of carbonyl (C=O) groups is 2. The molecule has 0 heterocycles. The number of sulfonamides is 1. The highest BCUT2D eigenvalue weighted by atomic mass is 32.2. The van der Waals surface area contributed by atoms with E-state index in [2.05, 4.69) is 14.8 Å². The van der Waals surface area contributed by atoms with Gasteiger partial charge >= 0.3 is 5.97 Å². The highest BCUT2D eigenvalue weighted by molar-refractivity contribution is 7.92. The van der Waals surface area contributed by atoms with Crippen LogP contribution >= 0.6 is 0 Å². The van der Waals surface area contributed by atoms with Crippen LogP contribution in [0, 0.1) is 0 Å². The molecule has 3 N–H and O–H groups in total. The lowest BCUT2D eigenvalue weighted by molar-refractivity contribution is -0.114. The van der Waals surface area contributed by atoms with Crippen molar-refractivity contribution in [3.8, 4) is 5.75 Å². The number of methoxy groups -OCH3 is 1. The van der Waals surface area contributed by atoms with E-state index in [1.54, 1.807) is 0 Å². The molecule has 1 amide bonds. The molecule has 0 spiro atoms. The first-order valence-corrected chi connectivity index (χ1v) is 8.53. The third-order valence-electron chi connectivity index (χ3n) is 3.17. The molecule has 0 aliphatic heterocycles. The van der Waals surface area contributed by atoms with Crippen molar-refractivity contribution in [1.29, 1.82) is 0 Å². The molecule has 0 bridgehead atoms. The van der Waals surface area contributed by atoms with Crippen LogP contribution in [0.15, 0.2) is 47.4 Å². The van der Waals surface area contributed by atoms with Gasteiger partial charge in [0.15, 0.2) is 5.75 Å². The van der Waals surface area contributed by atoms with Gasteiger partial charge in [0.1, 0.15) is 5.56 Å². The lowest BCUT2D eigenvalue weighted by Gasteiger charge is -2.12. The van der Waals surface area contributed by atoms with Crippen LogP contribution in [0.3, 0.4) is 0 Å². The van der Waals surface area contributed by atoms with Gasteiger partial charge in [-0.2, -0.15) is 0 Å². The first-order chi connectivity index (χ1) is 11.7. The van der Waals surface area contributed by atoms with Gasteiger partial charge in [-0.15, -0.1) is 0 Å². The Morgan fingerprint density at radius 3 is 2.28 bits per heavy atom. The summed E-state index contributed by atoms with van der Waals surface area (Å²) in [5.41, 5.74) is 0.125. The van der Waals surface area contributed by atoms with E-state index >= 15 is 0 Å². The highest BCUT2D eigenvalue weighted by Gasteiger charge is 2.20. The molecule has 25 heavy (non-hydrogen) atoms. The number of esters is 1. The van der Waals surface area contributed by atoms with E-state index in [1.807, 2.05) is 0 Å². The number of nitrogens with one attached hydrogen (secondary N) is 2. The molecule has 9 heteroatoms. The number of hydrogen-bond acceptors (Lipinski definition) is 6. The van der Waals surface area contributed by atoms with Crippen molar-refractivity contribution < 1.29 is 27.9 Å². The molecule has 0 unspecified atom stereocenters. The predicted octanol–water partition coefficient (Wildman–Crippen LogP) is 1.94.